The van der Waals surface area contributed by atoms with E-state index in [0.717, 1.165) is 12.2 Å². The number of nitrogens with zero attached hydrogens (tertiary/aromatic N) is 3. The molecule has 3 rings (SSSR count). The Morgan fingerprint density at radius 2 is 2.09 bits per heavy atom. The molecule has 1 aliphatic heterocycles. The molecule has 1 aromatic heterocycles. The van der Waals surface area contributed by atoms with Gasteiger partial charge in [0, 0.05) is 38.4 Å². The van der Waals surface area contributed by atoms with Crippen LogP contribution in [-0.2, 0) is 6.54 Å². The molecule has 0 amide bonds. The fourth-order valence-corrected chi connectivity index (χ4v) is 2.86. The van der Waals surface area contributed by atoms with Crippen LogP contribution in [0.3, 0.4) is 0 Å². The summed E-state index contributed by atoms with van der Waals surface area (Å²) in [5, 5.41) is 23.5. The third-order valence-electron chi connectivity index (χ3n) is 4.14. The van der Waals surface area contributed by atoms with E-state index in [1.54, 1.807) is 24.4 Å². The largest absolute Gasteiger partial charge is 0.396 e. The zero-order valence-corrected chi connectivity index (χ0v) is 12.3. The number of para-hydroxylation sites is 1. The molecule has 0 bridgehead atoms. The van der Waals surface area contributed by atoms with E-state index in [4.69, 9.17) is 0 Å². The highest BCUT2D eigenvalue weighted by Crippen LogP contribution is 2.19. The fraction of sp³-hybridized carbons (Fsp3) is 0.438. The van der Waals surface area contributed by atoms with Crippen molar-refractivity contribution in [1.82, 2.24) is 14.7 Å². The number of hydrogen-bond acceptors (Lipinski definition) is 4. The first-order valence-electron chi connectivity index (χ1n) is 7.48. The molecule has 1 aromatic carbocycles. The second-order valence-corrected chi connectivity index (χ2v) is 5.74. The first kappa shape index (κ1) is 15.1. The van der Waals surface area contributed by atoms with Crippen LogP contribution in [0.1, 0.15) is 12.1 Å². The summed E-state index contributed by atoms with van der Waals surface area (Å²) in [7, 11) is 0. The molecule has 0 saturated carbocycles. The Morgan fingerprint density at radius 3 is 2.86 bits per heavy atom. The van der Waals surface area contributed by atoms with Crippen molar-refractivity contribution in [3.05, 3.63) is 48.0 Å². The van der Waals surface area contributed by atoms with Gasteiger partial charge < -0.3 is 10.2 Å². The number of aliphatic hydroxyl groups is 2. The summed E-state index contributed by atoms with van der Waals surface area (Å²) in [5.41, 5.74) is 1.27. The van der Waals surface area contributed by atoms with Crippen LogP contribution >= 0.6 is 0 Å². The van der Waals surface area contributed by atoms with E-state index in [1.165, 1.54) is 10.7 Å². The molecule has 22 heavy (non-hydrogen) atoms. The Hall–Kier alpha value is -1.76. The van der Waals surface area contributed by atoms with Crippen molar-refractivity contribution in [1.29, 1.82) is 0 Å². The highest BCUT2D eigenvalue weighted by molar-refractivity contribution is 5.32. The molecule has 2 heterocycles. The third kappa shape index (κ3) is 3.19. The minimum Gasteiger partial charge on any atom is -0.396 e. The summed E-state index contributed by atoms with van der Waals surface area (Å²) >= 11 is 0. The maximum Gasteiger partial charge on any atom is 0.148 e. The van der Waals surface area contributed by atoms with E-state index in [-0.39, 0.29) is 18.3 Å². The fourth-order valence-electron chi connectivity index (χ4n) is 2.86. The monoisotopic (exact) mass is 305 g/mol. The second kappa shape index (κ2) is 6.56. The van der Waals surface area contributed by atoms with E-state index >= 15 is 0 Å². The zero-order valence-electron chi connectivity index (χ0n) is 12.3. The predicted octanol–water partition coefficient (Wildman–Crippen LogP) is 1.19. The second-order valence-electron chi connectivity index (χ2n) is 5.74. The van der Waals surface area contributed by atoms with Crippen LogP contribution in [0, 0.1) is 11.7 Å². The van der Waals surface area contributed by atoms with E-state index in [9.17, 15) is 14.6 Å². The van der Waals surface area contributed by atoms with Crippen molar-refractivity contribution in [3.63, 3.8) is 0 Å². The van der Waals surface area contributed by atoms with Crippen molar-refractivity contribution in [3.8, 4) is 5.69 Å². The van der Waals surface area contributed by atoms with Crippen LogP contribution in [0.25, 0.3) is 5.69 Å². The number of aromatic nitrogens is 2. The van der Waals surface area contributed by atoms with Crippen molar-refractivity contribution in [2.45, 2.75) is 19.1 Å². The normalized spacial score (nSPS) is 22.9. The molecule has 2 atom stereocenters. The van der Waals surface area contributed by atoms with E-state index in [1.807, 2.05) is 6.07 Å². The topological polar surface area (TPSA) is 61.5 Å². The van der Waals surface area contributed by atoms with Crippen LogP contribution in [-0.4, -0.2) is 50.7 Å². The molecule has 1 fully saturated rings. The van der Waals surface area contributed by atoms with E-state index in [2.05, 4.69) is 10.00 Å². The van der Waals surface area contributed by atoms with Crippen LogP contribution in [0.4, 0.5) is 4.39 Å². The smallest absolute Gasteiger partial charge is 0.148 e. The van der Waals surface area contributed by atoms with Gasteiger partial charge in [-0.05, 0) is 24.6 Å². The van der Waals surface area contributed by atoms with Gasteiger partial charge in [0.05, 0.1) is 11.8 Å². The molecule has 118 valence electrons. The summed E-state index contributed by atoms with van der Waals surface area (Å²) in [6.07, 6.45) is 1.97. The van der Waals surface area contributed by atoms with Crippen LogP contribution < -0.4 is 0 Å². The molecule has 2 N–H and O–H groups in total. The van der Waals surface area contributed by atoms with Gasteiger partial charge in [0.25, 0.3) is 0 Å². The van der Waals surface area contributed by atoms with Crippen molar-refractivity contribution < 1.29 is 14.6 Å². The Balaban J connectivity index is 1.69. The molecule has 2 aromatic rings. The summed E-state index contributed by atoms with van der Waals surface area (Å²) < 4.78 is 15.3. The van der Waals surface area contributed by atoms with Crippen molar-refractivity contribution in [2.75, 3.05) is 19.7 Å². The number of halogens is 1. The van der Waals surface area contributed by atoms with Gasteiger partial charge in [-0.15, -0.1) is 0 Å². The Morgan fingerprint density at radius 1 is 1.27 bits per heavy atom. The van der Waals surface area contributed by atoms with Crippen LogP contribution in [0.5, 0.6) is 0 Å². The quantitative estimate of drug-likeness (QED) is 0.891. The molecule has 0 spiro atoms. The molecular formula is C16H20FN3O2. The average molecular weight is 305 g/mol. The molecule has 0 aliphatic carbocycles. The summed E-state index contributed by atoms with van der Waals surface area (Å²) in [6, 6.07) is 8.39. The molecular weight excluding hydrogens is 285 g/mol. The SMILES string of the molecule is OCC1CN(Cc2ccn(-c3ccccc3F)n2)CCC1O. The van der Waals surface area contributed by atoms with Crippen LogP contribution in [0.2, 0.25) is 0 Å². The van der Waals surface area contributed by atoms with Crippen LogP contribution in [0.15, 0.2) is 36.5 Å². The number of rotatable bonds is 4. The van der Waals surface area contributed by atoms with Gasteiger partial charge in [-0.25, -0.2) is 9.07 Å². The van der Waals surface area contributed by atoms with E-state index < -0.39 is 6.10 Å². The summed E-state index contributed by atoms with van der Waals surface area (Å²) in [4.78, 5) is 2.15. The lowest BCUT2D eigenvalue weighted by Gasteiger charge is -2.34. The minimum atomic E-state index is -0.433. The zero-order chi connectivity index (χ0) is 15.5. The van der Waals surface area contributed by atoms with Gasteiger partial charge in [0.2, 0.25) is 0 Å². The number of benzene rings is 1. The number of likely N-dealkylation sites (tertiary alicyclic amines) is 1. The highest BCUT2D eigenvalue weighted by Gasteiger charge is 2.27. The Kier molecular flexibility index (Phi) is 4.52. The molecule has 0 radical (unpaired) electrons. The maximum atomic E-state index is 13.8. The highest BCUT2D eigenvalue weighted by atomic mass is 19.1. The van der Waals surface area contributed by atoms with Crippen molar-refractivity contribution >= 4 is 0 Å². The maximum absolute atomic E-state index is 13.8. The minimum absolute atomic E-state index is 0.0126. The molecule has 2 unspecified atom stereocenters. The Labute approximate surface area is 128 Å². The Bertz CT molecular complexity index is 631. The van der Waals surface area contributed by atoms with Gasteiger partial charge in [-0.2, -0.15) is 5.10 Å². The summed E-state index contributed by atoms with van der Waals surface area (Å²) in [5.74, 6) is -0.416. The molecule has 1 aliphatic rings. The number of piperidine rings is 1. The molecule has 5 nitrogen and oxygen atoms in total. The predicted molar refractivity (Wildman–Crippen MR) is 80.0 cm³/mol. The molecule has 1 saturated heterocycles. The first-order valence-corrected chi connectivity index (χ1v) is 7.48. The first-order chi connectivity index (χ1) is 10.7. The van der Waals surface area contributed by atoms with Gasteiger partial charge >= 0.3 is 0 Å². The number of hydrogen-bond donors (Lipinski definition) is 2. The lowest BCUT2D eigenvalue weighted by Crippen LogP contribution is -2.44. The average Bonchev–Trinajstić information content (AvgIpc) is 2.98. The van der Waals surface area contributed by atoms with Gasteiger partial charge in [-0.3, -0.25) is 4.90 Å². The number of aliphatic hydroxyl groups excluding tert-OH is 2. The van der Waals surface area contributed by atoms with Gasteiger partial charge in [-0.1, -0.05) is 12.1 Å². The standard InChI is InChI=1S/C16H20FN3O2/c17-14-3-1-2-4-15(14)20-8-5-13(18-20)10-19-7-6-16(22)12(9-19)11-21/h1-5,8,12,16,21-22H,6-7,9-11H2. The summed E-state index contributed by atoms with van der Waals surface area (Å²) in [6.45, 7) is 2.03. The van der Waals surface area contributed by atoms with Crippen molar-refractivity contribution in [2.24, 2.45) is 5.92 Å². The third-order valence-corrected chi connectivity index (χ3v) is 4.14. The lowest BCUT2D eigenvalue weighted by atomic mass is 9.95. The van der Waals surface area contributed by atoms with Gasteiger partial charge in [0.15, 0.2) is 0 Å². The van der Waals surface area contributed by atoms with E-state index in [0.29, 0.717) is 25.2 Å². The van der Waals surface area contributed by atoms with Gasteiger partial charge in [0.1, 0.15) is 11.5 Å². The molecule has 6 heteroatoms. The lowest BCUT2D eigenvalue weighted by molar-refractivity contribution is -0.00237.